The summed E-state index contributed by atoms with van der Waals surface area (Å²) in [6, 6.07) is 5.29. The molecule has 122 valence electrons. The van der Waals surface area contributed by atoms with Gasteiger partial charge in [-0.2, -0.15) is 0 Å². The number of benzene rings is 1. The maximum absolute atomic E-state index is 12.4. The summed E-state index contributed by atoms with van der Waals surface area (Å²) in [6.45, 7) is 6.49. The zero-order valence-electron chi connectivity index (χ0n) is 13.6. The first kappa shape index (κ1) is 18.0. The zero-order valence-corrected chi connectivity index (χ0v) is 13.6. The van der Waals surface area contributed by atoms with Crippen LogP contribution in [0, 0.1) is 5.41 Å². The van der Waals surface area contributed by atoms with Crippen LogP contribution in [0.15, 0.2) is 18.2 Å². The number of nitrogens with two attached hydrogens (primary N) is 1. The smallest absolute Gasteiger partial charge is 0.352 e. The molecule has 1 rings (SSSR count). The summed E-state index contributed by atoms with van der Waals surface area (Å²) in [6.07, 6.45) is 3.32. The minimum absolute atomic E-state index is 0.327. The molecule has 0 bridgehead atoms. The van der Waals surface area contributed by atoms with Gasteiger partial charge in [0.2, 0.25) is 5.96 Å². The minimum atomic E-state index is -0.542. The Morgan fingerprint density at radius 1 is 1.27 bits per heavy atom. The normalized spacial score (nSPS) is 10.3. The molecule has 0 radical (unpaired) electrons. The molecule has 4 N–H and O–H groups in total. The van der Waals surface area contributed by atoms with Gasteiger partial charge < -0.3 is 5.73 Å². The van der Waals surface area contributed by atoms with Crippen molar-refractivity contribution in [2.75, 3.05) is 11.5 Å². The standard InChI is InChI=1S/C16H26N4O2/c1-4-7-11-22-19-16(21)20(15(17)18)14-12(5-2)9-8-10-13(14)6-3/h8-10H,4-7,11H2,1-3H3,(H3,17,18)(H,19,21). The van der Waals surface area contributed by atoms with E-state index in [1.54, 1.807) is 0 Å². The molecule has 1 aromatic rings. The average Bonchev–Trinajstić information content (AvgIpc) is 2.51. The van der Waals surface area contributed by atoms with Crippen molar-refractivity contribution in [3.05, 3.63) is 29.3 Å². The third-order valence-corrected chi connectivity index (χ3v) is 3.39. The van der Waals surface area contributed by atoms with Gasteiger partial charge in [-0.3, -0.25) is 10.2 Å². The Labute approximate surface area is 132 Å². The van der Waals surface area contributed by atoms with Gasteiger partial charge in [0.1, 0.15) is 0 Å². The van der Waals surface area contributed by atoms with E-state index in [-0.39, 0.29) is 5.96 Å². The molecule has 0 fully saturated rings. The maximum Gasteiger partial charge on any atom is 0.352 e. The largest absolute Gasteiger partial charge is 0.369 e. The lowest BCUT2D eigenvalue weighted by Crippen LogP contribution is -2.48. The van der Waals surface area contributed by atoms with Gasteiger partial charge in [-0.1, -0.05) is 45.4 Å². The fourth-order valence-corrected chi connectivity index (χ4v) is 2.21. The van der Waals surface area contributed by atoms with Crippen LogP contribution in [0.25, 0.3) is 0 Å². The molecule has 0 unspecified atom stereocenters. The number of carbonyl (C=O) groups is 1. The first-order chi connectivity index (χ1) is 10.6. The predicted octanol–water partition coefficient (Wildman–Crippen LogP) is 2.95. The van der Waals surface area contributed by atoms with Crippen molar-refractivity contribution in [2.24, 2.45) is 5.73 Å². The van der Waals surface area contributed by atoms with E-state index in [2.05, 4.69) is 5.48 Å². The number of nitrogens with zero attached hydrogens (tertiary/aromatic N) is 1. The minimum Gasteiger partial charge on any atom is -0.369 e. The molecule has 0 aromatic heterocycles. The number of anilines is 1. The molecular formula is C16H26N4O2. The van der Waals surface area contributed by atoms with E-state index >= 15 is 0 Å². The van der Waals surface area contributed by atoms with Crippen LogP contribution < -0.4 is 16.1 Å². The van der Waals surface area contributed by atoms with Crippen molar-refractivity contribution < 1.29 is 9.63 Å². The van der Waals surface area contributed by atoms with Gasteiger partial charge in [0.25, 0.3) is 0 Å². The Kier molecular flexibility index (Phi) is 7.39. The molecule has 0 saturated heterocycles. The number of hydroxylamine groups is 1. The molecule has 6 nitrogen and oxygen atoms in total. The number of unbranched alkanes of at least 4 members (excludes halogenated alkanes) is 1. The zero-order chi connectivity index (χ0) is 16.5. The summed E-state index contributed by atoms with van der Waals surface area (Å²) >= 11 is 0. The Bertz CT molecular complexity index is 495. The van der Waals surface area contributed by atoms with E-state index < -0.39 is 6.03 Å². The van der Waals surface area contributed by atoms with Crippen molar-refractivity contribution in [2.45, 2.75) is 46.5 Å². The van der Waals surface area contributed by atoms with E-state index in [1.807, 2.05) is 39.0 Å². The predicted molar refractivity (Wildman–Crippen MR) is 89.0 cm³/mol. The van der Waals surface area contributed by atoms with Crippen molar-refractivity contribution in [3.63, 3.8) is 0 Å². The molecular weight excluding hydrogens is 280 g/mol. The molecule has 0 atom stereocenters. The molecule has 2 amide bonds. The quantitative estimate of drug-likeness (QED) is 0.313. The Morgan fingerprint density at radius 3 is 2.32 bits per heavy atom. The number of urea groups is 1. The van der Waals surface area contributed by atoms with E-state index in [4.69, 9.17) is 16.0 Å². The number of hydrogen-bond donors (Lipinski definition) is 3. The van der Waals surface area contributed by atoms with Crippen LogP contribution in [-0.4, -0.2) is 18.6 Å². The molecule has 0 aliphatic heterocycles. The molecule has 0 heterocycles. The van der Waals surface area contributed by atoms with Gasteiger partial charge in [0.05, 0.1) is 12.3 Å². The van der Waals surface area contributed by atoms with Gasteiger partial charge in [-0.25, -0.2) is 15.2 Å². The van der Waals surface area contributed by atoms with Crippen LogP contribution in [0.2, 0.25) is 0 Å². The van der Waals surface area contributed by atoms with E-state index in [0.717, 1.165) is 36.8 Å². The second-order valence-corrected chi connectivity index (χ2v) is 4.96. The maximum atomic E-state index is 12.4. The summed E-state index contributed by atoms with van der Waals surface area (Å²) in [5.74, 6) is -0.327. The summed E-state index contributed by atoms with van der Waals surface area (Å²) in [5, 5.41) is 7.77. The third-order valence-electron chi connectivity index (χ3n) is 3.39. The van der Waals surface area contributed by atoms with Gasteiger partial charge in [-0.15, -0.1) is 0 Å². The second-order valence-electron chi connectivity index (χ2n) is 4.96. The SMILES string of the molecule is CCCCONC(=O)N(C(=N)N)c1c(CC)cccc1CC. The van der Waals surface area contributed by atoms with Crippen molar-refractivity contribution in [3.8, 4) is 0 Å². The number of carbonyl (C=O) groups excluding carboxylic acids is 1. The molecule has 0 aliphatic rings. The van der Waals surface area contributed by atoms with Gasteiger partial charge in [0.15, 0.2) is 0 Å². The molecule has 0 saturated carbocycles. The lowest BCUT2D eigenvalue weighted by atomic mass is 10.0. The first-order valence-electron chi connectivity index (χ1n) is 7.73. The van der Waals surface area contributed by atoms with Crippen LogP contribution in [0.4, 0.5) is 10.5 Å². The number of hydrogen-bond acceptors (Lipinski definition) is 3. The fraction of sp³-hybridized carbons (Fsp3) is 0.500. The summed E-state index contributed by atoms with van der Waals surface area (Å²) in [5.41, 5.74) is 10.6. The highest BCUT2D eigenvalue weighted by Crippen LogP contribution is 2.27. The summed E-state index contributed by atoms with van der Waals surface area (Å²) < 4.78 is 0. The summed E-state index contributed by atoms with van der Waals surface area (Å²) in [4.78, 5) is 18.7. The highest BCUT2D eigenvalue weighted by atomic mass is 16.7. The summed E-state index contributed by atoms with van der Waals surface area (Å²) in [7, 11) is 0. The highest BCUT2D eigenvalue weighted by molar-refractivity contribution is 6.14. The molecule has 1 aromatic carbocycles. The fourth-order valence-electron chi connectivity index (χ4n) is 2.21. The molecule has 6 heteroatoms. The van der Waals surface area contributed by atoms with Crippen molar-refractivity contribution in [1.82, 2.24) is 5.48 Å². The lowest BCUT2D eigenvalue weighted by molar-refractivity contribution is 0.0626. The number of rotatable bonds is 7. The van der Waals surface area contributed by atoms with Crippen LogP contribution in [0.3, 0.4) is 0 Å². The number of guanidine groups is 1. The Morgan fingerprint density at radius 2 is 1.86 bits per heavy atom. The highest BCUT2D eigenvalue weighted by Gasteiger charge is 2.23. The van der Waals surface area contributed by atoms with Gasteiger partial charge >= 0.3 is 6.03 Å². The van der Waals surface area contributed by atoms with Crippen LogP contribution in [0.1, 0.15) is 44.7 Å². The monoisotopic (exact) mass is 306 g/mol. The average molecular weight is 306 g/mol. The number of amides is 2. The first-order valence-corrected chi connectivity index (χ1v) is 7.73. The second kappa shape index (κ2) is 9.04. The topological polar surface area (TPSA) is 91.4 Å². The van der Waals surface area contributed by atoms with Gasteiger partial charge in [0, 0.05) is 0 Å². The number of aryl methyl sites for hydroxylation is 2. The number of nitrogens with one attached hydrogen (secondary N) is 2. The van der Waals surface area contributed by atoms with E-state index in [1.165, 1.54) is 4.90 Å². The third kappa shape index (κ3) is 4.46. The van der Waals surface area contributed by atoms with Gasteiger partial charge in [-0.05, 0) is 30.4 Å². The lowest BCUT2D eigenvalue weighted by Gasteiger charge is -2.25. The van der Waals surface area contributed by atoms with Crippen molar-refractivity contribution >= 4 is 17.7 Å². The van der Waals surface area contributed by atoms with Crippen LogP contribution >= 0.6 is 0 Å². The Hall–Kier alpha value is -2.08. The van der Waals surface area contributed by atoms with Crippen molar-refractivity contribution in [1.29, 1.82) is 5.41 Å². The van der Waals surface area contributed by atoms with E-state index in [0.29, 0.717) is 12.3 Å². The molecule has 22 heavy (non-hydrogen) atoms. The molecule has 0 aliphatic carbocycles. The van der Waals surface area contributed by atoms with E-state index in [9.17, 15) is 4.79 Å². The van der Waals surface area contributed by atoms with Crippen LogP contribution in [0.5, 0.6) is 0 Å². The Balaban J connectivity index is 3.05. The number of para-hydroxylation sites is 1. The molecule has 0 spiro atoms. The van der Waals surface area contributed by atoms with Crippen LogP contribution in [-0.2, 0) is 17.7 Å².